The summed E-state index contributed by atoms with van der Waals surface area (Å²) in [7, 11) is 1.42. The first-order valence-electron chi connectivity index (χ1n) is 3.83. The fourth-order valence-corrected chi connectivity index (χ4v) is 1.72. The topological polar surface area (TPSA) is 26.3 Å². The van der Waals surface area contributed by atoms with Crippen molar-refractivity contribution in [1.82, 2.24) is 0 Å². The van der Waals surface area contributed by atoms with Gasteiger partial charge in [-0.1, -0.05) is 0 Å². The van der Waals surface area contributed by atoms with Gasteiger partial charge in [0.05, 0.1) is 7.11 Å². The number of rotatable bonds is 3. The third-order valence-corrected chi connectivity index (χ3v) is 2.54. The van der Waals surface area contributed by atoms with Crippen LogP contribution in [-0.2, 0) is 16.0 Å². The number of esters is 1. The summed E-state index contributed by atoms with van der Waals surface area (Å²) in [4.78, 5) is 12.1. The lowest BCUT2D eigenvalue weighted by molar-refractivity contribution is -0.140. The molecule has 3 heteroatoms. The van der Waals surface area contributed by atoms with Gasteiger partial charge < -0.3 is 4.74 Å². The van der Waals surface area contributed by atoms with Crippen molar-refractivity contribution in [2.75, 3.05) is 7.11 Å². The van der Waals surface area contributed by atoms with Gasteiger partial charge >= 0.3 is 5.97 Å². The van der Waals surface area contributed by atoms with Crippen LogP contribution in [0.15, 0.2) is 11.4 Å². The van der Waals surface area contributed by atoms with Crippen molar-refractivity contribution in [3.05, 3.63) is 21.9 Å². The lowest BCUT2D eigenvalue weighted by Gasteiger charge is -1.95. The zero-order valence-electron chi connectivity index (χ0n) is 7.29. The number of methoxy groups -OCH3 is 1. The highest BCUT2D eigenvalue weighted by Crippen LogP contribution is 2.14. The number of hydrogen-bond donors (Lipinski definition) is 0. The van der Waals surface area contributed by atoms with Crippen molar-refractivity contribution in [2.24, 2.45) is 0 Å². The van der Waals surface area contributed by atoms with Crippen LogP contribution in [-0.4, -0.2) is 13.1 Å². The molecule has 12 heavy (non-hydrogen) atoms. The van der Waals surface area contributed by atoms with E-state index in [2.05, 4.69) is 23.1 Å². The number of ether oxygens (including phenoxy) is 1. The molecule has 1 aromatic rings. The summed E-state index contributed by atoms with van der Waals surface area (Å²) in [6.07, 6.45) is 1.27. The summed E-state index contributed by atoms with van der Waals surface area (Å²) in [6, 6.07) is 2.10. The summed E-state index contributed by atoms with van der Waals surface area (Å²) in [5.74, 6) is -0.140. The highest BCUT2D eigenvalue weighted by atomic mass is 32.1. The van der Waals surface area contributed by atoms with Gasteiger partial charge in [-0.25, -0.2) is 0 Å². The Morgan fingerprint density at radius 3 is 2.92 bits per heavy atom. The van der Waals surface area contributed by atoms with E-state index in [0.29, 0.717) is 6.42 Å². The number of hydrogen-bond acceptors (Lipinski definition) is 3. The van der Waals surface area contributed by atoms with Crippen LogP contribution < -0.4 is 0 Å². The summed E-state index contributed by atoms with van der Waals surface area (Å²) < 4.78 is 4.54. The van der Waals surface area contributed by atoms with Gasteiger partial charge in [0.15, 0.2) is 0 Å². The Hall–Kier alpha value is -0.830. The second-order valence-electron chi connectivity index (χ2n) is 2.64. The van der Waals surface area contributed by atoms with Crippen LogP contribution in [0.3, 0.4) is 0 Å². The van der Waals surface area contributed by atoms with E-state index in [4.69, 9.17) is 0 Å². The van der Waals surface area contributed by atoms with E-state index in [1.165, 1.54) is 17.6 Å². The molecule has 0 aromatic carbocycles. The molecule has 0 aliphatic heterocycles. The minimum Gasteiger partial charge on any atom is -0.469 e. The second kappa shape index (κ2) is 4.26. The van der Waals surface area contributed by atoms with Crippen LogP contribution >= 0.6 is 11.3 Å². The van der Waals surface area contributed by atoms with Crippen molar-refractivity contribution < 1.29 is 9.53 Å². The number of thiophene rings is 1. The van der Waals surface area contributed by atoms with Crippen molar-refractivity contribution in [3.8, 4) is 0 Å². The Morgan fingerprint density at radius 2 is 2.42 bits per heavy atom. The third-order valence-electron chi connectivity index (χ3n) is 1.63. The number of carbonyl (C=O) groups is 1. The SMILES string of the molecule is COC(=O)CCc1csc(C)c1. The zero-order chi connectivity index (χ0) is 8.97. The molecular formula is C9H12O2S. The van der Waals surface area contributed by atoms with Gasteiger partial charge in [0.2, 0.25) is 0 Å². The first-order valence-corrected chi connectivity index (χ1v) is 4.71. The maximum absolute atomic E-state index is 10.8. The predicted octanol–water partition coefficient (Wildman–Crippen LogP) is 2.16. The normalized spacial score (nSPS) is 9.83. The summed E-state index contributed by atoms with van der Waals surface area (Å²) in [5, 5.41) is 2.08. The van der Waals surface area contributed by atoms with Crippen molar-refractivity contribution in [1.29, 1.82) is 0 Å². The van der Waals surface area contributed by atoms with Crippen LogP contribution in [0.4, 0.5) is 0 Å². The third kappa shape index (κ3) is 2.66. The fraction of sp³-hybridized carbons (Fsp3) is 0.444. The Labute approximate surface area is 76.2 Å². The van der Waals surface area contributed by atoms with Gasteiger partial charge in [-0.3, -0.25) is 4.79 Å². The van der Waals surface area contributed by atoms with E-state index in [-0.39, 0.29) is 5.97 Å². The van der Waals surface area contributed by atoms with Gasteiger partial charge in [0.1, 0.15) is 0 Å². The van der Waals surface area contributed by atoms with Crippen LogP contribution in [0.2, 0.25) is 0 Å². The lowest BCUT2D eigenvalue weighted by atomic mass is 10.2. The highest BCUT2D eigenvalue weighted by Gasteiger charge is 2.01. The van der Waals surface area contributed by atoms with Crippen LogP contribution in [0, 0.1) is 6.92 Å². The smallest absolute Gasteiger partial charge is 0.305 e. The largest absolute Gasteiger partial charge is 0.469 e. The first kappa shape index (κ1) is 9.26. The van der Waals surface area contributed by atoms with E-state index in [9.17, 15) is 4.79 Å². The molecule has 2 nitrogen and oxygen atoms in total. The van der Waals surface area contributed by atoms with E-state index >= 15 is 0 Å². The molecule has 1 heterocycles. The molecule has 0 saturated heterocycles. The molecule has 0 aliphatic rings. The van der Waals surface area contributed by atoms with E-state index in [1.807, 2.05) is 0 Å². The monoisotopic (exact) mass is 184 g/mol. The Bertz CT molecular complexity index is 265. The van der Waals surface area contributed by atoms with Gasteiger partial charge in [-0.15, -0.1) is 11.3 Å². The molecule has 0 aliphatic carbocycles. The molecule has 0 saturated carbocycles. The zero-order valence-corrected chi connectivity index (χ0v) is 8.11. The van der Waals surface area contributed by atoms with Crippen molar-refractivity contribution in [3.63, 3.8) is 0 Å². The maximum Gasteiger partial charge on any atom is 0.305 e. The molecule has 0 spiro atoms. The quantitative estimate of drug-likeness (QED) is 0.673. The van der Waals surface area contributed by atoms with E-state index < -0.39 is 0 Å². The standard InChI is InChI=1S/C9H12O2S/c1-7-5-8(6-12-7)3-4-9(10)11-2/h5-6H,3-4H2,1-2H3. The molecule has 0 unspecified atom stereocenters. The average Bonchev–Trinajstić information content (AvgIpc) is 2.47. The average molecular weight is 184 g/mol. The predicted molar refractivity (Wildman–Crippen MR) is 49.4 cm³/mol. The molecular weight excluding hydrogens is 172 g/mol. The number of aryl methyl sites for hydroxylation is 2. The van der Waals surface area contributed by atoms with Crippen molar-refractivity contribution >= 4 is 17.3 Å². The highest BCUT2D eigenvalue weighted by molar-refractivity contribution is 7.10. The van der Waals surface area contributed by atoms with Crippen LogP contribution in [0.25, 0.3) is 0 Å². The summed E-state index contributed by atoms with van der Waals surface area (Å²) >= 11 is 1.71. The van der Waals surface area contributed by atoms with Gasteiger partial charge in [0, 0.05) is 11.3 Å². The first-order chi connectivity index (χ1) is 5.72. The maximum atomic E-state index is 10.8. The van der Waals surface area contributed by atoms with Crippen molar-refractivity contribution in [2.45, 2.75) is 19.8 Å². The Morgan fingerprint density at radius 1 is 1.67 bits per heavy atom. The second-order valence-corrected chi connectivity index (χ2v) is 3.76. The summed E-state index contributed by atoms with van der Waals surface area (Å²) in [5.41, 5.74) is 1.22. The molecule has 1 rings (SSSR count). The molecule has 1 aromatic heterocycles. The van der Waals surface area contributed by atoms with E-state index in [1.54, 1.807) is 11.3 Å². The minimum absolute atomic E-state index is 0.140. The van der Waals surface area contributed by atoms with Gasteiger partial charge in [-0.05, 0) is 30.4 Å². The lowest BCUT2D eigenvalue weighted by Crippen LogP contribution is -2.01. The molecule has 0 N–H and O–H groups in total. The molecule has 66 valence electrons. The molecule has 0 fully saturated rings. The molecule has 0 amide bonds. The fourth-order valence-electron chi connectivity index (χ4n) is 0.977. The molecule has 0 bridgehead atoms. The van der Waals surface area contributed by atoms with Gasteiger partial charge in [-0.2, -0.15) is 0 Å². The Kier molecular flexibility index (Phi) is 3.29. The summed E-state index contributed by atoms with van der Waals surface area (Å²) in [6.45, 7) is 2.06. The molecule has 0 radical (unpaired) electrons. The van der Waals surface area contributed by atoms with Gasteiger partial charge in [0.25, 0.3) is 0 Å². The molecule has 0 atom stereocenters. The number of carbonyl (C=O) groups excluding carboxylic acids is 1. The van der Waals surface area contributed by atoms with Crippen LogP contribution in [0.5, 0.6) is 0 Å². The van der Waals surface area contributed by atoms with E-state index in [0.717, 1.165) is 6.42 Å². The van der Waals surface area contributed by atoms with Crippen LogP contribution in [0.1, 0.15) is 16.9 Å². The minimum atomic E-state index is -0.140. The Balaban J connectivity index is 2.38.